The van der Waals surface area contributed by atoms with Crippen molar-refractivity contribution in [2.45, 2.75) is 11.4 Å². The topological polar surface area (TPSA) is 67.9 Å². The molecule has 0 radical (unpaired) electrons. The minimum absolute atomic E-state index is 0. The van der Waals surface area contributed by atoms with Crippen LogP contribution >= 0.6 is 12.4 Å². The van der Waals surface area contributed by atoms with Gasteiger partial charge < -0.3 is 14.8 Å². The molecule has 134 valence electrons. The van der Waals surface area contributed by atoms with Crippen molar-refractivity contribution in [3.8, 4) is 11.5 Å². The first-order chi connectivity index (χ1) is 11.7. The summed E-state index contributed by atoms with van der Waals surface area (Å²) in [6.45, 7) is 2.53. The molecule has 0 fully saturated rings. The number of nitrogens with zero attached hydrogens (tertiary/aromatic N) is 1. The largest absolute Gasteiger partial charge is 0.486 e. The van der Waals surface area contributed by atoms with Gasteiger partial charge in [0.05, 0.1) is 10.6 Å². The fourth-order valence-electron chi connectivity index (χ4n) is 2.99. The standard InChI is InChI=1S/C17H18N2O4S.ClH/c20-24(21,14-5-6-16-17(11-14)23-10-9-22-16)19-8-7-18-12-13-3-1-2-4-15(13)19;/h1-6,11,18H,7-10,12H2;1H. The molecule has 2 aromatic carbocycles. The SMILES string of the molecule is Cl.O=S(=O)(c1ccc2c(c1)OCCO2)N1CCNCc2ccccc21. The maximum absolute atomic E-state index is 13.2. The fraction of sp³-hybridized carbons (Fsp3) is 0.294. The summed E-state index contributed by atoms with van der Waals surface area (Å²) < 4.78 is 38.8. The van der Waals surface area contributed by atoms with Gasteiger partial charge in [-0.15, -0.1) is 12.4 Å². The summed E-state index contributed by atoms with van der Waals surface area (Å²) in [6.07, 6.45) is 0. The summed E-state index contributed by atoms with van der Waals surface area (Å²) in [4.78, 5) is 0.212. The molecule has 0 spiro atoms. The van der Waals surface area contributed by atoms with Gasteiger partial charge in [-0.3, -0.25) is 4.31 Å². The highest BCUT2D eigenvalue weighted by Gasteiger charge is 2.29. The second-order valence-electron chi connectivity index (χ2n) is 5.69. The van der Waals surface area contributed by atoms with Crippen molar-refractivity contribution in [1.82, 2.24) is 5.32 Å². The highest BCUT2D eigenvalue weighted by Crippen LogP contribution is 2.35. The third-order valence-electron chi connectivity index (χ3n) is 4.17. The number of anilines is 1. The van der Waals surface area contributed by atoms with E-state index in [0.717, 1.165) is 11.3 Å². The Morgan fingerprint density at radius 1 is 1.00 bits per heavy atom. The third-order valence-corrected chi connectivity index (χ3v) is 5.98. The van der Waals surface area contributed by atoms with Gasteiger partial charge in [-0.05, 0) is 23.8 Å². The highest BCUT2D eigenvalue weighted by molar-refractivity contribution is 7.92. The number of sulfonamides is 1. The molecular formula is C17H19ClN2O4S. The van der Waals surface area contributed by atoms with Crippen LogP contribution in [0, 0.1) is 0 Å². The summed E-state index contributed by atoms with van der Waals surface area (Å²) in [5.41, 5.74) is 1.69. The van der Waals surface area contributed by atoms with Gasteiger partial charge in [0.2, 0.25) is 0 Å². The van der Waals surface area contributed by atoms with E-state index < -0.39 is 10.0 Å². The van der Waals surface area contributed by atoms with Gasteiger partial charge in [0.1, 0.15) is 13.2 Å². The van der Waals surface area contributed by atoms with Crippen LogP contribution in [0.3, 0.4) is 0 Å². The van der Waals surface area contributed by atoms with Crippen LogP contribution in [0.15, 0.2) is 47.4 Å². The molecule has 4 rings (SSSR count). The third kappa shape index (κ3) is 3.27. The van der Waals surface area contributed by atoms with E-state index in [1.54, 1.807) is 18.2 Å². The predicted octanol–water partition coefficient (Wildman–Crippen LogP) is 2.18. The molecule has 0 bridgehead atoms. The zero-order chi connectivity index (χ0) is 16.6. The number of halogens is 1. The smallest absolute Gasteiger partial charge is 0.264 e. The van der Waals surface area contributed by atoms with E-state index >= 15 is 0 Å². The van der Waals surface area contributed by atoms with Gasteiger partial charge in [-0.25, -0.2) is 8.42 Å². The molecule has 8 heteroatoms. The Kier molecular flexibility index (Phi) is 5.08. The van der Waals surface area contributed by atoms with E-state index in [2.05, 4.69) is 5.32 Å². The van der Waals surface area contributed by atoms with Crippen LogP contribution in [0.25, 0.3) is 0 Å². The van der Waals surface area contributed by atoms with Crippen molar-refractivity contribution in [2.75, 3.05) is 30.6 Å². The number of ether oxygens (including phenoxy) is 2. The van der Waals surface area contributed by atoms with E-state index in [1.165, 1.54) is 4.31 Å². The van der Waals surface area contributed by atoms with Crippen molar-refractivity contribution < 1.29 is 17.9 Å². The molecule has 0 unspecified atom stereocenters. The van der Waals surface area contributed by atoms with Crippen LogP contribution in [-0.4, -0.2) is 34.7 Å². The summed E-state index contributed by atoms with van der Waals surface area (Å²) in [6, 6.07) is 12.3. The van der Waals surface area contributed by atoms with Gasteiger partial charge in [0.15, 0.2) is 11.5 Å². The molecule has 6 nitrogen and oxygen atoms in total. The zero-order valence-corrected chi connectivity index (χ0v) is 15.1. The molecular weight excluding hydrogens is 364 g/mol. The lowest BCUT2D eigenvalue weighted by Crippen LogP contribution is -2.34. The van der Waals surface area contributed by atoms with Gasteiger partial charge in [-0.2, -0.15) is 0 Å². The number of rotatable bonds is 2. The highest BCUT2D eigenvalue weighted by atomic mass is 35.5. The van der Waals surface area contributed by atoms with Crippen LogP contribution in [0.4, 0.5) is 5.69 Å². The van der Waals surface area contributed by atoms with Crippen molar-refractivity contribution in [3.05, 3.63) is 48.0 Å². The Labute approximate surface area is 153 Å². The van der Waals surface area contributed by atoms with Gasteiger partial charge in [-0.1, -0.05) is 18.2 Å². The molecule has 0 aromatic heterocycles. The first kappa shape index (κ1) is 17.8. The van der Waals surface area contributed by atoms with Crippen LogP contribution in [0.2, 0.25) is 0 Å². The maximum atomic E-state index is 13.2. The second-order valence-corrected chi connectivity index (χ2v) is 7.55. The molecule has 0 saturated carbocycles. The number of para-hydroxylation sites is 1. The van der Waals surface area contributed by atoms with E-state index in [-0.39, 0.29) is 17.3 Å². The molecule has 2 aliphatic heterocycles. The van der Waals surface area contributed by atoms with Gasteiger partial charge in [0, 0.05) is 25.7 Å². The van der Waals surface area contributed by atoms with Crippen molar-refractivity contribution >= 4 is 28.1 Å². The van der Waals surface area contributed by atoms with Gasteiger partial charge >= 0.3 is 0 Å². The number of hydrogen-bond acceptors (Lipinski definition) is 5. The van der Waals surface area contributed by atoms with Crippen molar-refractivity contribution in [3.63, 3.8) is 0 Å². The van der Waals surface area contributed by atoms with E-state index in [0.29, 0.717) is 44.3 Å². The van der Waals surface area contributed by atoms with Crippen LogP contribution in [-0.2, 0) is 16.6 Å². The van der Waals surface area contributed by atoms with E-state index in [1.807, 2.05) is 24.3 Å². The van der Waals surface area contributed by atoms with Crippen LogP contribution in [0.5, 0.6) is 11.5 Å². The lowest BCUT2D eigenvalue weighted by Gasteiger charge is -2.25. The lowest BCUT2D eigenvalue weighted by atomic mass is 10.2. The molecule has 2 aliphatic rings. The Morgan fingerprint density at radius 2 is 1.76 bits per heavy atom. The quantitative estimate of drug-likeness (QED) is 0.862. The van der Waals surface area contributed by atoms with Crippen molar-refractivity contribution in [2.24, 2.45) is 0 Å². The first-order valence-electron chi connectivity index (χ1n) is 7.87. The Hall–Kier alpha value is -1.96. The van der Waals surface area contributed by atoms with Gasteiger partial charge in [0.25, 0.3) is 10.0 Å². The average Bonchev–Trinajstić information content (AvgIpc) is 2.84. The molecule has 25 heavy (non-hydrogen) atoms. The van der Waals surface area contributed by atoms with Crippen molar-refractivity contribution in [1.29, 1.82) is 0 Å². The molecule has 1 N–H and O–H groups in total. The van der Waals surface area contributed by atoms with Crippen LogP contribution < -0.4 is 19.1 Å². The van der Waals surface area contributed by atoms with E-state index in [4.69, 9.17) is 9.47 Å². The molecule has 0 saturated heterocycles. The number of hydrogen-bond donors (Lipinski definition) is 1. The summed E-state index contributed by atoms with van der Waals surface area (Å²) in [5.74, 6) is 1.06. The predicted molar refractivity (Wildman–Crippen MR) is 97.4 cm³/mol. The monoisotopic (exact) mass is 382 g/mol. The molecule has 0 aliphatic carbocycles. The Bertz CT molecular complexity index is 873. The molecule has 0 amide bonds. The minimum Gasteiger partial charge on any atom is -0.486 e. The number of nitrogens with one attached hydrogen (secondary N) is 1. The summed E-state index contributed by atoms with van der Waals surface area (Å²) >= 11 is 0. The Morgan fingerprint density at radius 3 is 2.60 bits per heavy atom. The fourth-order valence-corrected chi connectivity index (χ4v) is 4.51. The minimum atomic E-state index is -3.67. The summed E-state index contributed by atoms with van der Waals surface area (Å²) in [5, 5.41) is 3.26. The zero-order valence-electron chi connectivity index (χ0n) is 13.5. The van der Waals surface area contributed by atoms with E-state index in [9.17, 15) is 8.42 Å². The summed E-state index contributed by atoms with van der Waals surface area (Å²) in [7, 11) is -3.67. The maximum Gasteiger partial charge on any atom is 0.264 e. The number of benzene rings is 2. The molecule has 2 heterocycles. The average molecular weight is 383 g/mol. The molecule has 2 aromatic rings. The Balaban J connectivity index is 0.00000182. The normalized spacial score (nSPS) is 16.4. The first-order valence-corrected chi connectivity index (χ1v) is 9.31. The second kappa shape index (κ2) is 7.11. The molecule has 0 atom stereocenters. The number of fused-ring (bicyclic) bond motifs is 2. The van der Waals surface area contributed by atoms with Crippen LogP contribution in [0.1, 0.15) is 5.56 Å². The lowest BCUT2D eigenvalue weighted by molar-refractivity contribution is 0.171.